The fourth-order valence-corrected chi connectivity index (χ4v) is 3.69. The van der Waals surface area contributed by atoms with E-state index < -0.39 is 0 Å². The quantitative estimate of drug-likeness (QED) is 0.781. The Morgan fingerprint density at radius 3 is 2.54 bits per heavy atom. The molecule has 2 aromatic heterocycles. The van der Waals surface area contributed by atoms with E-state index in [-0.39, 0.29) is 17.7 Å². The van der Waals surface area contributed by atoms with Crippen molar-refractivity contribution in [2.75, 3.05) is 6.54 Å². The van der Waals surface area contributed by atoms with Crippen LogP contribution in [-0.2, 0) is 11.2 Å². The minimum absolute atomic E-state index is 0.00725. The van der Waals surface area contributed by atoms with Crippen LogP contribution >= 0.6 is 11.3 Å². The molecule has 1 unspecified atom stereocenters. The minimum Gasteiger partial charge on any atom is -0.356 e. The highest BCUT2D eigenvalue weighted by Crippen LogP contribution is 2.20. The van der Waals surface area contributed by atoms with Crippen LogP contribution in [0, 0.1) is 20.8 Å². The second-order valence-electron chi connectivity index (χ2n) is 6.06. The van der Waals surface area contributed by atoms with Crippen LogP contribution in [0.3, 0.4) is 0 Å². The van der Waals surface area contributed by atoms with Gasteiger partial charge in [-0.2, -0.15) is 5.10 Å². The number of Topliss-reactive ketones (excluding diaryl/α,β-unsaturated/α-hetero) is 1. The molecule has 1 N–H and O–H groups in total. The molecule has 0 aromatic carbocycles. The minimum atomic E-state index is -0.0954. The van der Waals surface area contributed by atoms with Crippen LogP contribution in [0.25, 0.3) is 0 Å². The van der Waals surface area contributed by atoms with Gasteiger partial charge in [0.1, 0.15) is 0 Å². The molecule has 0 aliphatic carbocycles. The lowest BCUT2D eigenvalue weighted by Crippen LogP contribution is -2.28. The molecule has 1 amide bonds. The Hall–Kier alpha value is -2.02. The summed E-state index contributed by atoms with van der Waals surface area (Å²) in [5.41, 5.74) is 5.04. The Morgan fingerprint density at radius 2 is 2.00 bits per heavy atom. The fourth-order valence-electron chi connectivity index (χ4n) is 2.91. The first kappa shape index (κ1) is 18.3. The molecule has 0 aliphatic rings. The molecule has 1 atom stereocenters. The smallest absolute Gasteiger partial charge is 0.222 e. The molecule has 0 saturated carbocycles. The lowest BCUT2D eigenvalue weighted by Gasteiger charge is -2.14. The van der Waals surface area contributed by atoms with E-state index in [9.17, 15) is 9.59 Å². The SMILES string of the molecule is CC(=O)c1c(C)nn(C(C)CC(=O)NCCc2scnc2C)c1C. The molecule has 6 nitrogen and oxygen atoms in total. The van der Waals surface area contributed by atoms with E-state index in [0.29, 0.717) is 24.2 Å². The van der Waals surface area contributed by atoms with Crippen LogP contribution in [0.4, 0.5) is 0 Å². The van der Waals surface area contributed by atoms with Crippen LogP contribution in [0.1, 0.15) is 58.6 Å². The number of nitrogens with one attached hydrogen (secondary N) is 1. The predicted molar refractivity (Wildman–Crippen MR) is 94.6 cm³/mol. The third kappa shape index (κ3) is 4.08. The zero-order chi connectivity index (χ0) is 17.9. The molecular formula is C17H24N4O2S. The highest BCUT2D eigenvalue weighted by atomic mass is 32.1. The number of aryl methyl sites for hydroxylation is 2. The third-order valence-electron chi connectivity index (χ3n) is 4.09. The molecule has 24 heavy (non-hydrogen) atoms. The van der Waals surface area contributed by atoms with Crippen molar-refractivity contribution >= 4 is 23.0 Å². The van der Waals surface area contributed by atoms with Gasteiger partial charge in [-0.1, -0.05) is 0 Å². The normalized spacial score (nSPS) is 12.2. The number of carbonyl (C=O) groups is 2. The largest absolute Gasteiger partial charge is 0.356 e. The highest BCUT2D eigenvalue weighted by Gasteiger charge is 2.20. The average molecular weight is 348 g/mol. The average Bonchev–Trinajstić information content (AvgIpc) is 3.02. The van der Waals surface area contributed by atoms with E-state index in [2.05, 4.69) is 15.4 Å². The third-order valence-corrected chi connectivity index (χ3v) is 5.09. The summed E-state index contributed by atoms with van der Waals surface area (Å²) >= 11 is 1.61. The molecule has 0 saturated heterocycles. The highest BCUT2D eigenvalue weighted by molar-refractivity contribution is 7.09. The summed E-state index contributed by atoms with van der Waals surface area (Å²) in [6.45, 7) is 9.76. The van der Waals surface area contributed by atoms with Gasteiger partial charge in [0.2, 0.25) is 5.91 Å². The van der Waals surface area contributed by atoms with Gasteiger partial charge < -0.3 is 5.32 Å². The van der Waals surface area contributed by atoms with Crippen molar-refractivity contribution in [1.29, 1.82) is 0 Å². The van der Waals surface area contributed by atoms with Crippen LogP contribution in [-0.4, -0.2) is 33.0 Å². The first-order valence-electron chi connectivity index (χ1n) is 8.03. The van der Waals surface area contributed by atoms with Gasteiger partial charge in [-0.25, -0.2) is 4.98 Å². The number of hydrogen-bond donors (Lipinski definition) is 1. The molecule has 130 valence electrons. The van der Waals surface area contributed by atoms with Gasteiger partial charge >= 0.3 is 0 Å². The van der Waals surface area contributed by atoms with Gasteiger partial charge in [-0.3, -0.25) is 14.3 Å². The van der Waals surface area contributed by atoms with E-state index in [1.807, 2.05) is 33.2 Å². The molecule has 2 heterocycles. The van der Waals surface area contributed by atoms with Crippen LogP contribution in [0.5, 0.6) is 0 Å². The zero-order valence-corrected chi connectivity index (χ0v) is 15.7. The summed E-state index contributed by atoms with van der Waals surface area (Å²) in [6, 6.07) is -0.0954. The Labute approximate surface area is 146 Å². The molecule has 0 aliphatic heterocycles. The van der Waals surface area contributed by atoms with Crippen molar-refractivity contribution in [1.82, 2.24) is 20.1 Å². The van der Waals surface area contributed by atoms with Crippen molar-refractivity contribution in [2.24, 2.45) is 0 Å². The summed E-state index contributed by atoms with van der Waals surface area (Å²) in [4.78, 5) is 29.2. The van der Waals surface area contributed by atoms with E-state index in [4.69, 9.17) is 0 Å². The summed E-state index contributed by atoms with van der Waals surface area (Å²) in [6.07, 6.45) is 1.13. The molecule has 0 bridgehead atoms. The second-order valence-corrected chi connectivity index (χ2v) is 7.00. The van der Waals surface area contributed by atoms with Gasteiger partial charge in [0.15, 0.2) is 5.78 Å². The lowest BCUT2D eigenvalue weighted by molar-refractivity contribution is -0.121. The van der Waals surface area contributed by atoms with Gasteiger partial charge in [-0.05, 0) is 34.6 Å². The molecule has 2 aromatic rings. The Balaban J connectivity index is 1.91. The van der Waals surface area contributed by atoms with E-state index in [1.165, 1.54) is 4.88 Å². The van der Waals surface area contributed by atoms with Gasteiger partial charge in [0.25, 0.3) is 0 Å². The number of aromatic nitrogens is 3. The number of carbonyl (C=O) groups excluding carboxylic acids is 2. The molecule has 0 radical (unpaired) electrons. The summed E-state index contributed by atoms with van der Waals surface area (Å²) in [5.74, 6) is -0.00516. The Morgan fingerprint density at radius 1 is 1.29 bits per heavy atom. The number of hydrogen-bond acceptors (Lipinski definition) is 5. The van der Waals surface area contributed by atoms with E-state index >= 15 is 0 Å². The van der Waals surface area contributed by atoms with E-state index in [0.717, 1.165) is 17.8 Å². The maximum atomic E-state index is 12.1. The molecule has 0 fully saturated rings. The van der Waals surface area contributed by atoms with Crippen molar-refractivity contribution in [3.05, 3.63) is 33.0 Å². The standard InChI is InChI=1S/C17H24N4O2S/c1-10(21-13(4)17(14(5)22)12(3)20-21)8-16(23)18-7-6-15-11(2)19-9-24-15/h9-10H,6-8H2,1-5H3,(H,18,23). The van der Waals surface area contributed by atoms with Gasteiger partial charge in [-0.15, -0.1) is 11.3 Å². The summed E-state index contributed by atoms with van der Waals surface area (Å²) in [5, 5.41) is 7.37. The number of thiazole rings is 1. The molecule has 0 spiro atoms. The topological polar surface area (TPSA) is 76.9 Å². The number of nitrogens with zero attached hydrogens (tertiary/aromatic N) is 3. The zero-order valence-electron chi connectivity index (χ0n) is 14.8. The molecule has 2 rings (SSSR count). The first-order chi connectivity index (χ1) is 11.3. The van der Waals surface area contributed by atoms with Crippen molar-refractivity contribution < 1.29 is 9.59 Å². The summed E-state index contributed by atoms with van der Waals surface area (Å²) in [7, 11) is 0. The van der Waals surface area contributed by atoms with Crippen molar-refractivity contribution in [3.63, 3.8) is 0 Å². The molecular weight excluding hydrogens is 324 g/mol. The Kier molecular flexibility index (Phi) is 5.88. The number of amides is 1. The Bertz CT molecular complexity index is 748. The van der Waals surface area contributed by atoms with Gasteiger partial charge in [0.05, 0.1) is 28.5 Å². The monoisotopic (exact) mass is 348 g/mol. The van der Waals surface area contributed by atoms with Crippen LogP contribution < -0.4 is 5.32 Å². The van der Waals surface area contributed by atoms with Crippen molar-refractivity contribution in [2.45, 2.75) is 53.5 Å². The predicted octanol–water partition coefficient (Wildman–Crippen LogP) is 2.78. The number of ketones is 1. The van der Waals surface area contributed by atoms with Gasteiger partial charge in [0, 0.05) is 30.0 Å². The summed E-state index contributed by atoms with van der Waals surface area (Å²) < 4.78 is 1.78. The van der Waals surface area contributed by atoms with Crippen molar-refractivity contribution in [3.8, 4) is 0 Å². The first-order valence-corrected chi connectivity index (χ1v) is 8.91. The second kappa shape index (κ2) is 7.70. The van der Waals surface area contributed by atoms with Crippen LogP contribution in [0.2, 0.25) is 0 Å². The van der Waals surface area contributed by atoms with Crippen LogP contribution in [0.15, 0.2) is 5.51 Å². The fraction of sp³-hybridized carbons (Fsp3) is 0.529. The molecule has 7 heteroatoms. The maximum Gasteiger partial charge on any atom is 0.222 e. The lowest BCUT2D eigenvalue weighted by atomic mass is 10.1. The number of rotatable bonds is 7. The maximum absolute atomic E-state index is 12.1. The van der Waals surface area contributed by atoms with E-state index in [1.54, 1.807) is 22.9 Å².